The van der Waals surface area contributed by atoms with Crippen LogP contribution in [0.3, 0.4) is 0 Å². The van der Waals surface area contributed by atoms with Gasteiger partial charge in [0.05, 0.1) is 0 Å². The van der Waals surface area contributed by atoms with Gasteiger partial charge in [0.2, 0.25) is 17.6 Å². The maximum atomic E-state index is 11.7. The van der Waals surface area contributed by atoms with Gasteiger partial charge in [0.25, 0.3) is 0 Å². The van der Waals surface area contributed by atoms with Crippen molar-refractivity contribution in [3.05, 3.63) is 35.2 Å². The molecule has 0 spiro atoms. The van der Waals surface area contributed by atoms with Crippen molar-refractivity contribution < 1.29 is 9.32 Å². The fraction of sp³-hybridized carbons (Fsp3) is 0.438. The molecule has 1 amide bonds. The summed E-state index contributed by atoms with van der Waals surface area (Å²) in [5.74, 6) is 1.14. The summed E-state index contributed by atoms with van der Waals surface area (Å²) in [5, 5.41) is 7.96. The minimum absolute atomic E-state index is 0.0586. The van der Waals surface area contributed by atoms with Crippen molar-refractivity contribution in [2.45, 2.75) is 31.4 Å². The van der Waals surface area contributed by atoms with Crippen molar-refractivity contribution in [2.24, 2.45) is 0 Å². The van der Waals surface area contributed by atoms with Gasteiger partial charge in [0, 0.05) is 35.2 Å². The molecule has 1 atom stereocenters. The third-order valence-electron chi connectivity index (χ3n) is 3.35. The van der Waals surface area contributed by atoms with E-state index in [0.29, 0.717) is 47.8 Å². The lowest BCUT2D eigenvalue weighted by Gasteiger charge is -2.09. The Morgan fingerprint density at radius 1 is 1.39 bits per heavy atom. The molecule has 1 heterocycles. The average Bonchev–Trinajstić information content (AvgIpc) is 3.02. The highest BCUT2D eigenvalue weighted by molar-refractivity contribution is 7.99. The van der Waals surface area contributed by atoms with Gasteiger partial charge in [-0.05, 0) is 36.9 Å². The third kappa shape index (κ3) is 5.88. The van der Waals surface area contributed by atoms with E-state index >= 15 is 0 Å². The first kappa shape index (κ1) is 17.8. The number of carbonyl (C=O) groups excluding carboxylic acids is 1. The molecule has 124 valence electrons. The van der Waals surface area contributed by atoms with Gasteiger partial charge in [-0.1, -0.05) is 23.7 Å². The number of thioether (sulfide) groups is 1. The second-order valence-corrected chi connectivity index (χ2v) is 6.94. The summed E-state index contributed by atoms with van der Waals surface area (Å²) in [6.45, 7) is 2.78. The lowest BCUT2D eigenvalue weighted by molar-refractivity contribution is -0.121. The van der Waals surface area contributed by atoms with E-state index in [0.717, 1.165) is 5.56 Å². The molecule has 1 aromatic carbocycles. The molecule has 2 aromatic rings. The first-order valence-electron chi connectivity index (χ1n) is 7.46. The van der Waals surface area contributed by atoms with Gasteiger partial charge in [-0.15, -0.1) is 0 Å². The molecule has 23 heavy (non-hydrogen) atoms. The van der Waals surface area contributed by atoms with Gasteiger partial charge in [0.1, 0.15) is 0 Å². The molecule has 0 aliphatic heterocycles. The summed E-state index contributed by atoms with van der Waals surface area (Å²) in [4.78, 5) is 16.1. The zero-order valence-electron chi connectivity index (χ0n) is 13.2. The van der Waals surface area contributed by atoms with Crippen molar-refractivity contribution in [1.29, 1.82) is 0 Å². The quantitative estimate of drug-likeness (QED) is 0.785. The van der Waals surface area contributed by atoms with Crippen LogP contribution in [0.2, 0.25) is 5.02 Å². The number of nitrogens with one attached hydrogen (secondary N) is 1. The second kappa shape index (κ2) is 8.93. The maximum absolute atomic E-state index is 11.7. The van der Waals surface area contributed by atoms with E-state index in [9.17, 15) is 4.79 Å². The molecule has 0 saturated carbocycles. The topological polar surface area (TPSA) is 68.0 Å². The van der Waals surface area contributed by atoms with Crippen LogP contribution in [-0.2, 0) is 11.2 Å². The number of halogens is 1. The number of aryl methyl sites for hydroxylation is 1. The van der Waals surface area contributed by atoms with Gasteiger partial charge < -0.3 is 9.84 Å². The average molecular weight is 354 g/mol. The molecular formula is C16H20ClN3O2S. The van der Waals surface area contributed by atoms with E-state index < -0.39 is 0 Å². The highest BCUT2D eigenvalue weighted by Crippen LogP contribution is 2.19. The smallest absolute Gasteiger partial charge is 0.226 e. The number of hydrogen-bond donors (Lipinski definition) is 1. The number of carbonyl (C=O) groups is 1. The lowest BCUT2D eigenvalue weighted by atomic mass is 10.2. The first-order valence-corrected chi connectivity index (χ1v) is 9.13. The fourth-order valence-electron chi connectivity index (χ4n) is 1.90. The monoisotopic (exact) mass is 353 g/mol. The van der Waals surface area contributed by atoms with Gasteiger partial charge >= 0.3 is 0 Å². The summed E-state index contributed by atoms with van der Waals surface area (Å²) in [6.07, 6.45) is 3.76. The molecular weight excluding hydrogens is 334 g/mol. The van der Waals surface area contributed by atoms with Crippen molar-refractivity contribution in [3.63, 3.8) is 0 Å². The predicted molar refractivity (Wildman–Crippen MR) is 93.7 cm³/mol. The Kier molecular flexibility index (Phi) is 6.92. The van der Waals surface area contributed by atoms with E-state index in [1.165, 1.54) is 0 Å². The maximum Gasteiger partial charge on any atom is 0.226 e. The number of rotatable bonds is 8. The van der Waals surface area contributed by atoms with Gasteiger partial charge in [-0.25, -0.2) is 0 Å². The number of nitrogens with zero attached hydrogens (tertiary/aromatic N) is 2. The van der Waals surface area contributed by atoms with E-state index in [1.54, 1.807) is 23.9 Å². The molecule has 0 bridgehead atoms. The molecule has 2 rings (SSSR count). The molecule has 7 heteroatoms. The summed E-state index contributed by atoms with van der Waals surface area (Å²) in [5.41, 5.74) is 0.855. The Morgan fingerprint density at radius 2 is 2.13 bits per heavy atom. The summed E-state index contributed by atoms with van der Waals surface area (Å²) < 4.78 is 5.22. The molecule has 0 fully saturated rings. The van der Waals surface area contributed by atoms with Crippen LogP contribution in [0.4, 0.5) is 0 Å². The number of benzene rings is 1. The molecule has 0 aliphatic carbocycles. The van der Waals surface area contributed by atoms with Crippen LogP contribution >= 0.6 is 23.4 Å². The van der Waals surface area contributed by atoms with Crippen LogP contribution < -0.4 is 5.32 Å². The molecule has 0 aliphatic rings. The van der Waals surface area contributed by atoms with E-state index in [-0.39, 0.29) is 5.91 Å². The van der Waals surface area contributed by atoms with E-state index in [2.05, 4.69) is 22.4 Å². The molecule has 0 saturated heterocycles. The van der Waals surface area contributed by atoms with Crippen LogP contribution in [0.5, 0.6) is 0 Å². The normalized spacial score (nSPS) is 12.1. The zero-order chi connectivity index (χ0) is 16.7. The van der Waals surface area contributed by atoms with Crippen LogP contribution in [0.1, 0.15) is 25.7 Å². The van der Waals surface area contributed by atoms with Crippen molar-refractivity contribution in [2.75, 3.05) is 12.8 Å². The van der Waals surface area contributed by atoms with Crippen molar-refractivity contribution in [1.82, 2.24) is 15.5 Å². The first-order chi connectivity index (χ1) is 11.1. The molecule has 1 aromatic heterocycles. The van der Waals surface area contributed by atoms with Crippen molar-refractivity contribution in [3.8, 4) is 11.4 Å². The molecule has 1 N–H and O–H groups in total. The zero-order valence-corrected chi connectivity index (χ0v) is 14.8. The highest BCUT2D eigenvalue weighted by atomic mass is 35.5. The van der Waals surface area contributed by atoms with Gasteiger partial charge in [-0.2, -0.15) is 16.7 Å². The Bertz CT molecular complexity index is 631. The van der Waals surface area contributed by atoms with Crippen LogP contribution in [0.25, 0.3) is 11.4 Å². The fourth-order valence-corrected chi connectivity index (χ4v) is 2.28. The Hall–Kier alpha value is -1.53. The van der Waals surface area contributed by atoms with Crippen LogP contribution in [0, 0.1) is 0 Å². The van der Waals surface area contributed by atoms with Crippen LogP contribution in [-0.4, -0.2) is 34.1 Å². The summed E-state index contributed by atoms with van der Waals surface area (Å²) >= 11 is 7.59. The SMILES string of the molecule is CSC(C)CNC(=O)CCCc1nc(-c2ccc(Cl)cc2)no1. The highest BCUT2D eigenvalue weighted by Gasteiger charge is 2.10. The molecule has 0 radical (unpaired) electrons. The number of hydrogen-bond acceptors (Lipinski definition) is 5. The molecule has 1 unspecified atom stereocenters. The van der Waals surface area contributed by atoms with Gasteiger partial charge in [-0.3, -0.25) is 4.79 Å². The Labute approximate surface area is 145 Å². The largest absolute Gasteiger partial charge is 0.355 e. The minimum Gasteiger partial charge on any atom is -0.355 e. The lowest BCUT2D eigenvalue weighted by Crippen LogP contribution is -2.29. The predicted octanol–water partition coefficient (Wildman–Crippen LogP) is 3.58. The number of amides is 1. The Morgan fingerprint density at radius 3 is 2.83 bits per heavy atom. The third-order valence-corrected chi connectivity index (χ3v) is 4.58. The second-order valence-electron chi connectivity index (χ2n) is 5.22. The minimum atomic E-state index is 0.0586. The van der Waals surface area contributed by atoms with Crippen LogP contribution in [0.15, 0.2) is 28.8 Å². The van der Waals surface area contributed by atoms with Gasteiger partial charge in [0.15, 0.2) is 0 Å². The Balaban J connectivity index is 1.77. The van der Waals surface area contributed by atoms with E-state index in [4.69, 9.17) is 16.1 Å². The standard InChI is InChI=1S/C16H20ClN3O2S/c1-11(23-2)10-18-14(21)4-3-5-15-19-16(20-22-15)12-6-8-13(17)9-7-12/h6-9,11H,3-5,10H2,1-2H3,(H,18,21). The van der Waals surface area contributed by atoms with Crippen molar-refractivity contribution >= 4 is 29.3 Å². The van der Waals surface area contributed by atoms with E-state index in [1.807, 2.05) is 18.4 Å². The molecule has 5 nitrogen and oxygen atoms in total. The summed E-state index contributed by atoms with van der Waals surface area (Å²) in [6, 6.07) is 7.26. The summed E-state index contributed by atoms with van der Waals surface area (Å²) in [7, 11) is 0. The number of aromatic nitrogens is 2.